The molecule has 0 aromatic heterocycles. The first-order valence-corrected chi connectivity index (χ1v) is 6.19. The normalized spacial score (nSPS) is 10.3. The van der Waals surface area contributed by atoms with E-state index in [4.69, 9.17) is 21.8 Å². The highest BCUT2D eigenvalue weighted by Crippen LogP contribution is 2.22. The second kappa shape index (κ2) is 7.93. The molecule has 0 fully saturated rings. The monoisotopic (exact) mass is 290 g/mol. The van der Waals surface area contributed by atoms with Gasteiger partial charge in [-0.15, -0.1) is 0 Å². The lowest BCUT2D eigenvalue weighted by molar-refractivity contribution is 0.180. The van der Waals surface area contributed by atoms with Gasteiger partial charge in [-0.05, 0) is 18.6 Å². The summed E-state index contributed by atoms with van der Waals surface area (Å²) >= 11 is 5.61. The Bertz CT molecular complexity index is 431. The molecular formula is C12H16ClFN2O3. The molecule has 5 nitrogen and oxygen atoms in total. The van der Waals surface area contributed by atoms with Crippen LogP contribution in [0.2, 0.25) is 5.02 Å². The Morgan fingerprint density at radius 1 is 1.32 bits per heavy atom. The van der Waals surface area contributed by atoms with Crippen LogP contribution in [0.3, 0.4) is 0 Å². The maximum atomic E-state index is 13.6. The summed E-state index contributed by atoms with van der Waals surface area (Å²) in [6.45, 7) is 0.0940. The minimum Gasteiger partial charge on any atom is -0.396 e. The summed E-state index contributed by atoms with van der Waals surface area (Å²) in [6, 6.07) is 3.74. The number of hydrogen-bond donors (Lipinski definition) is 3. The molecule has 2 amide bonds. The fraction of sp³-hybridized carbons (Fsp3) is 0.417. The summed E-state index contributed by atoms with van der Waals surface area (Å²) in [4.78, 5) is 13.2. The Hall–Kier alpha value is -1.37. The van der Waals surface area contributed by atoms with Crippen molar-refractivity contribution in [3.05, 3.63) is 29.0 Å². The highest BCUT2D eigenvalue weighted by Gasteiger charge is 2.15. The summed E-state index contributed by atoms with van der Waals surface area (Å²) in [5.41, 5.74) is -0.0237. The molecule has 0 atom stereocenters. The van der Waals surface area contributed by atoms with Gasteiger partial charge in [-0.25, -0.2) is 9.18 Å². The summed E-state index contributed by atoms with van der Waals surface area (Å²) in [5, 5.41) is 19.9. The molecule has 0 saturated heterocycles. The zero-order valence-corrected chi connectivity index (χ0v) is 11.0. The predicted octanol–water partition coefficient (Wildman–Crippen LogP) is 1.69. The smallest absolute Gasteiger partial charge is 0.322 e. The van der Waals surface area contributed by atoms with Crippen molar-refractivity contribution in [1.29, 1.82) is 0 Å². The molecule has 1 aromatic carbocycles. The predicted molar refractivity (Wildman–Crippen MR) is 70.8 cm³/mol. The van der Waals surface area contributed by atoms with E-state index >= 15 is 0 Å². The number of carbonyl (C=O) groups is 1. The highest BCUT2D eigenvalue weighted by molar-refractivity contribution is 6.31. The summed E-state index contributed by atoms with van der Waals surface area (Å²) < 4.78 is 13.6. The largest absolute Gasteiger partial charge is 0.396 e. The number of nitrogens with one attached hydrogen (secondary N) is 1. The van der Waals surface area contributed by atoms with Crippen molar-refractivity contribution in [1.82, 2.24) is 4.90 Å². The van der Waals surface area contributed by atoms with Crippen molar-refractivity contribution < 1.29 is 19.4 Å². The number of benzene rings is 1. The SMILES string of the molecule is O=C(Nc1cccc(Cl)c1F)N(CCO)CCCO. The minimum absolute atomic E-state index is 0.0237. The quantitative estimate of drug-likeness (QED) is 0.746. The van der Waals surface area contributed by atoms with Crippen molar-refractivity contribution in [2.45, 2.75) is 6.42 Å². The number of hydrogen-bond acceptors (Lipinski definition) is 3. The summed E-state index contributed by atoms with van der Waals surface area (Å²) in [7, 11) is 0. The second-order valence-corrected chi connectivity index (χ2v) is 4.23. The molecule has 19 heavy (non-hydrogen) atoms. The number of anilines is 1. The molecular weight excluding hydrogens is 275 g/mol. The van der Waals surface area contributed by atoms with Crippen LogP contribution in [0.5, 0.6) is 0 Å². The second-order valence-electron chi connectivity index (χ2n) is 3.82. The molecule has 0 unspecified atom stereocenters. The molecule has 0 aliphatic heterocycles. The Morgan fingerprint density at radius 2 is 2.05 bits per heavy atom. The van der Waals surface area contributed by atoms with Gasteiger partial charge in [0, 0.05) is 19.7 Å². The molecule has 0 aliphatic rings. The maximum Gasteiger partial charge on any atom is 0.322 e. The van der Waals surface area contributed by atoms with E-state index in [2.05, 4.69) is 5.32 Å². The first-order valence-electron chi connectivity index (χ1n) is 5.81. The first-order chi connectivity index (χ1) is 9.10. The van der Waals surface area contributed by atoms with Crippen LogP contribution >= 0.6 is 11.6 Å². The van der Waals surface area contributed by atoms with E-state index < -0.39 is 11.8 Å². The number of carbonyl (C=O) groups excluding carboxylic acids is 1. The van der Waals surface area contributed by atoms with Gasteiger partial charge in [0.1, 0.15) is 0 Å². The topological polar surface area (TPSA) is 72.8 Å². The molecule has 3 N–H and O–H groups in total. The first kappa shape index (κ1) is 15.7. The molecule has 106 valence electrons. The van der Waals surface area contributed by atoms with Crippen LogP contribution in [-0.4, -0.2) is 47.4 Å². The number of rotatable bonds is 6. The van der Waals surface area contributed by atoms with Crippen LogP contribution in [0.4, 0.5) is 14.9 Å². The van der Waals surface area contributed by atoms with E-state index in [1.165, 1.54) is 23.1 Å². The van der Waals surface area contributed by atoms with Crippen molar-refractivity contribution >= 4 is 23.3 Å². The number of nitrogens with zero attached hydrogens (tertiary/aromatic N) is 1. The van der Waals surface area contributed by atoms with E-state index in [1.54, 1.807) is 0 Å². The van der Waals surface area contributed by atoms with Crippen LogP contribution in [0.25, 0.3) is 0 Å². The number of aliphatic hydroxyl groups is 2. The van der Waals surface area contributed by atoms with Crippen LogP contribution < -0.4 is 5.32 Å². The third-order valence-electron chi connectivity index (χ3n) is 2.44. The van der Waals surface area contributed by atoms with Gasteiger partial charge in [0.25, 0.3) is 0 Å². The van der Waals surface area contributed by atoms with Gasteiger partial charge in [-0.1, -0.05) is 17.7 Å². The van der Waals surface area contributed by atoms with E-state index in [-0.39, 0.29) is 37.0 Å². The van der Waals surface area contributed by atoms with E-state index in [9.17, 15) is 9.18 Å². The number of aliphatic hydroxyl groups excluding tert-OH is 2. The van der Waals surface area contributed by atoms with Gasteiger partial charge in [-0.3, -0.25) is 0 Å². The van der Waals surface area contributed by atoms with Gasteiger partial charge in [0.05, 0.1) is 17.3 Å². The molecule has 1 rings (SSSR count). The van der Waals surface area contributed by atoms with Gasteiger partial charge >= 0.3 is 6.03 Å². The minimum atomic E-state index is -0.705. The Kier molecular flexibility index (Phi) is 6.55. The van der Waals surface area contributed by atoms with E-state index in [1.807, 2.05) is 0 Å². The lowest BCUT2D eigenvalue weighted by Crippen LogP contribution is -2.38. The zero-order valence-electron chi connectivity index (χ0n) is 10.3. The number of urea groups is 1. The lowest BCUT2D eigenvalue weighted by atomic mass is 10.3. The van der Waals surface area contributed by atoms with Gasteiger partial charge in [0.15, 0.2) is 5.82 Å². The van der Waals surface area contributed by atoms with Crippen LogP contribution in [0.1, 0.15) is 6.42 Å². The van der Waals surface area contributed by atoms with Crippen LogP contribution in [0, 0.1) is 5.82 Å². The molecule has 1 aromatic rings. The average Bonchev–Trinajstić information content (AvgIpc) is 2.39. The standard InChI is InChI=1S/C12H16ClFN2O3/c13-9-3-1-4-10(11(9)14)15-12(19)16(6-8-18)5-2-7-17/h1,3-4,17-18H,2,5-8H2,(H,15,19). The maximum absolute atomic E-state index is 13.6. The summed E-state index contributed by atoms with van der Waals surface area (Å²) in [5.74, 6) is -0.705. The molecule has 0 aliphatic carbocycles. The fourth-order valence-electron chi connectivity index (χ4n) is 1.49. The van der Waals surface area contributed by atoms with Crippen molar-refractivity contribution in [3.8, 4) is 0 Å². The number of amides is 2. The Balaban J connectivity index is 2.72. The third kappa shape index (κ3) is 4.66. The zero-order chi connectivity index (χ0) is 14.3. The van der Waals surface area contributed by atoms with Crippen molar-refractivity contribution in [3.63, 3.8) is 0 Å². The van der Waals surface area contributed by atoms with Crippen molar-refractivity contribution in [2.75, 3.05) is 31.6 Å². The molecule has 0 heterocycles. The molecule has 0 bridgehead atoms. The van der Waals surface area contributed by atoms with Crippen LogP contribution in [-0.2, 0) is 0 Å². The molecule has 0 radical (unpaired) electrons. The fourth-order valence-corrected chi connectivity index (χ4v) is 1.67. The van der Waals surface area contributed by atoms with E-state index in [0.29, 0.717) is 6.42 Å². The number of halogens is 2. The molecule has 0 spiro atoms. The van der Waals surface area contributed by atoms with Crippen LogP contribution in [0.15, 0.2) is 18.2 Å². The summed E-state index contributed by atoms with van der Waals surface area (Å²) in [6.07, 6.45) is 0.380. The van der Waals surface area contributed by atoms with Gasteiger partial charge in [0.2, 0.25) is 0 Å². The lowest BCUT2D eigenvalue weighted by Gasteiger charge is -2.22. The third-order valence-corrected chi connectivity index (χ3v) is 2.73. The Labute approximate surface area is 115 Å². The molecule has 7 heteroatoms. The highest BCUT2D eigenvalue weighted by atomic mass is 35.5. The van der Waals surface area contributed by atoms with E-state index in [0.717, 1.165) is 0 Å². The average molecular weight is 291 g/mol. The van der Waals surface area contributed by atoms with Gasteiger partial charge in [-0.2, -0.15) is 0 Å². The Morgan fingerprint density at radius 3 is 2.68 bits per heavy atom. The molecule has 0 saturated carbocycles. The van der Waals surface area contributed by atoms with Gasteiger partial charge < -0.3 is 20.4 Å². The van der Waals surface area contributed by atoms with Crippen molar-refractivity contribution in [2.24, 2.45) is 0 Å².